The van der Waals surface area contributed by atoms with Gasteiger partial charge in [-0.3, -0.25) is 10.1 Å². The zero-order valence-electron chi connectivity index (χ0n) is 12.6. The predicted octanol–water partition coefficient (Wildman–Crippen LogP) is 2.56. The van der Waals surface area contributed by atoms with E-state index in [4.69, 9.17) is 10.5 Å². The molecule has 0 radical (unpaired) electrons. The van der Waals surface area contributed by atoms with Crippen molar-refractivity contribution < 1.29 is 9.66 Å². The summed E-state index contributed by atoms with van der Waals surface area (Å²) in [7, 11) is 1.57. The molecule has 0 spiro atoms. The van der Waals surface area contributed by atoms with Crippen molar-refractivity contribution in [3.05, 3.63) is 28.3 Å². The summed E-state index contributed by atoms with van der Waals surface area (Å²) in [6.45, 7) is 3.36. The fraction of sp³-hybridized carbons (Fsp3) is 0.600. The van der Waals surface area contributed by atoms with Crippen molar-refractivity contribution in [2.75, 3.05) is 25.1 Å². The topological polar surface area (TPSA) is 81.6 Å². The van der Waals surface area contributed by atoms with Crippen LogP contribution >= 0.6 is 0 Å². The monoisotopic (exact) mass is 293 g/mol. The molecule has 0 amide bonds. The van der Waals surface area contributed by atoms with Crippen LogP contribution in [0.15, 0.2) is 18.2 Å². The lowest BCUT2D eigenvalue weighted by molar-refractivity contribution is -0.384. The van der Waals surface area contributed by atoms with Crippen molar-refractivity contribution in [1.82, 2.24) is 0 Å². The lowest BCUT2D eigenvalue weighted by atomic mass is 10.0. The molecular formula is C15H23N3O3. The van der Waals surface area contributed by atoms with E-state index >= 15 is 0 Å². The van der Waals surface area contributed by atoms with Gasteiger partial charge in [0.1, 0.15) is 11.4 Å². The third-order valence-electron chi connectivity index (χ3n) is 4.35. The maximum atomic E-state index is 11.3. The van der Waals surface area contributed by atoms with Crippen molar-refractivity contribution in [3.8, 4) is 5.75 Å². The van der Waals surface area contributed by atoms with E-state index in [-0.39, 0.29) is 16.7 Å². The highest BCUT2D eigenvalue weighted by atomic mass is 16.6. The minimum atomic E-state index is -0.330. The lowest BCUT2D eigenvalue weighted by Crippen LogP contribution is -2.40. The average Bonchev–Trinajstić information content (AvgIpc) is 2.96. The Bertz CT molecular complexity index is 507. The molecule has 21 heavy (non-hydrogen) atoms. The van der Waals surface area contributed by atoms with Gasteiger partial charge in [0.15, 0.2) is 0 Å². The number of nitrogens with zero attached hydrogens (tertiary/aromatic N) is 2. The van der Waals surface area contributed by atoms with Crippen LogP contribution in [-0.2, 0) is 0 Å². The second-order valence-corrected chi connectivity index (χ2v) is 5.39. The van der Waals surface area contributed by atoms with Crippen LogP contribution in [0.3, 0.4) is 0 Å². The highest BCUT2D eigenvalue weighted by molar-refractivity contribution is 5.66. The summed E-state index contributed by atoms with van der Waals surface area (Å²) in [6, 6.07) is 5.17. The van der Waals surface area contributed by atoms with E-state index in [1.54, 1.807) is 19.2 Å². The Morgan fingerprint density at radius 3 is 2.81 bits per heavy atom. The number of nitro groups is 1. The van der Waals surface area contributed by atoms with Gasteiger partial charge in [-0.15, -0.1) is 0 Å². The van der Waals surface area contributed by atoms with Crippen molar-refractivity contribution in [3.63, 3.8) is 0 Å². The summed E-state index contributed by atoms with van der Waals surface area (Å²) in [6.07, 6.45) is 3.25. The predicted molar refractivity (Wildman–Crippen MR) is 82.9 cm³/mol. The summed E-state index contributed by atoms with van der Waals surface area (Å²) in [5.41, 5.74) is 6.62. The van der Waals surface area contributed by atoms with Crippen LogP contribution in [0.2, 0.25) is 0 Å². The quantitative estimate of drug-likeness (QED) is 0.644. The maximum Gasteiger partial charge on any atom is 0.292 e. The Morgan fingerprint density at radius 2 is 2.24 bits per heavy atom. The minimum absolute atomic E-state index is 0.125. The first kappa shape index (κ1) is 15.6. The number of nitrogens with two attached hydrogens (primary N) is 1. The van der Waals surface area contributed by atoms with Crippen LogP contribution in [0.1, 0.15) is 26.2 Å². The van der Waals surface area contributed by atoms with Crippen LogP contribution in [0, 0.1) is 16.0 Å². The molecule has 0 aromatic heterocycles. The van der Waals surface area contributed by atoms with Crippen LogP contribution in [0.4, 0.5) is 11.4 Å². The van der Waals surface area contributed by atoms with E-state index in [1.807, 2.05) is 6.92 Å². The number of methoxy groups -OCH3 is 1. The largest absolute Gasteiger partial charge is 0.497 e. The molecule has 1 saturated carbocycles. The standard InChI is InChI=1S/C15H23N3O3/c1-3-17(13-6-4-5-11(13)10-16)15-9-12(21-2)7-8-14(15)18(19)20/h7-9,11,13H,3-6,10,16H2,1-2H3. The van der Waals surface area contributed by atoms with E-state index in [0.717, 1.165) is 25.8 Å². The van der Waals surface area contributed by atoms with Gasteiger partial charge < -0.3 is 15.4 Å². The van der Waals surface area contributed by atoms with Gasteiger partial charge in [-0.2, -0.15) is 0 Å². The number of rotatable bonds is 6. The summed E-state index contributed by atoms with van der Waals surface area (Å²) in [4.78, 5) is 13.1. The average molecular weight is 293 g/mol. The lowest BCUT2D eigenvalue weighted by Gasteiger charge is -2.33. The molecule has 2 atom stereocenters. The van der Waals surface area contributed by atoms with Crippen LogP contribution in [0.5, 0.6) is 5.75 Å². The third-order valence-corrected chi connectivity index (χ3v) is 4.35. The van der Waals surface area contributed by atoms with Gasteiger partial charge in [0.05, 0.1) is 12.0 Å². The first-order valence-corrected chi connectivity index (χ1v) is 7.41. The molecule has 6 heteroatoms. The molecule has 1 fully saturated rings. The second kappa shape index (κ2) is 6.76. The van der Waals surface area contributed by atoms with Crippen molar-refractivity contribution >= 4 is 11.4 Å². The molecule has 1 aromatic carbocycles. The Kier molecular flexibility index (Phi) is 5.01. The SMILES string of the molecule is CCN(c1cc(OC)ccc1[N+](=O)[O-])C1CCCC1CN. The van der Waals surface area contributed by atoms with Crippen LogP contribution < -0.4 is 15.4 Å². The van der Waals surface area contributed by atoms with Gasteiger partial charge in [-0.1, -0.05) is 6.42 Å². The molecule has 2 rings (SSSR count). The van der Waals surface area contributed by atoms with Gasteiger partial charge in [0.2, 0.25) is 0 Å². The Morgan fingerprint density at radius 1 is 1.48 bits per heavy atom. The summed E-state index contributed by atoms with van der Waals surface area (Å²) >= 11 is 0. The number of hydrogen-bond donors (Lipinski definition) is 1. The molecule has 2 N–H and O–H groups in total. The number of nitro benzene ring substituents is 1. The first-order valence-electron chi connectivity index (χ1n) is 7.41. The number of anilines is 1. The molecule has 2 unspecified atom stereocenters. The Hall–Kier alpha value is -1.82. The molecule has 1 aliphatic rings. The summed E-state index contributed by atoms with van der Waals surface area (Å²) < 4.78 is 5.23. The summed E-state index contributed by atoms with van der Waals surface area (Å²) in [5, 5.41) is 11.3. The van der Waals surface area contributed by atoms with E-state index < -0.39 is 0 Å². The van der Waals surface area contributed by atoms with Crippen LogP contribution in [-0.4, -0.2) is 31.2 Å². The zero-order valence-corrected chi connectivity index (χ0v) is 12.6. The molecule has 1 aliphatic carbocycles. The zero-order chi connectivity index (χ0) is 15.4. The number of hydrogen-bond acceptors (Lipinski definition) is 5. The fourth-order valence-electron chi connectivity index (χ4n) is 3.30. The van der Waals surface area contributed by atoms with Crippen molar-refractivity contribution in [1.29, 1.82) is 0 Å². The summed E-state index contributed by atoms with van der Waals surface area (Å²) in [5.74, 6) is 1.03. The fourth-order valence-corrected chi connectivity index (χ4v) is 3.30. The molecule has 116 valence electrons. The smallest absolute Gasteiger partial charge is 0.292 e. The van der Waals surface area contributed by atoms with Gasteiger partial charge in [-0.05, 0) is 38.3 Å². The van der Waals surface area contributed by atoms with Gasteiger partial charge in [0.25, 0.3) is 5.69 Å². The van der Waals surface area contributed by atoms with Crippen LogP contribution in [0.25, 0.3) is 0 Å². The second-order valence-electron chi connectivity index (χ2n) is 5.39. The van der Waals surface area contributed by atoms with Crippen molar-refractivity contribution in [2.45, 2.75) is 32.2 Å². The molecular weight excluding hydrogens is 270 g/mol. The van der Waals surface area contributed by atoms with Crippen molar-refractivity contribution in [2.24, 2.45) is 11.7 Å². The molecule has 0 aliphatic heterocycles. The molecule has 0 saturated heterocycles. The third kappa shape index (κ3) is 3.10. The maximum absolute atomic E-state index is 11.3. The van der Waals surface area contributed by atoms with E-state index in [2.05, 4.69) is 4.90 Å². The highest BCUT2D eigenvalue weighted by Gasteiger charge is 2.33. The van der Waals surface area contributed by atoms with Gasteiger partial charge >= 0.3 is 0 Å². The molecule has 6 nitrogen and oxygen atoms in total. The van der Waals surface area contributed by atoms with Gasteiger partial charge in [0, 0.05) is 24.7 Å². The van der Waals surface area contributed by atoms with E-state index in [1.165, 1.54) is 6.07 Å². The first-order chi connectivity index (χ1) is 10.1. The minimum Gasteiger partial charge on any atom is -0.497 e. The van der Waals surface area contributed by atoms with E-state index in [9.17, 15) is 10.1 Å². The molecule has 0 bridgehead atoms. The Labute approximate surface area is 125 Å². The number of benzene rings is 1. The molecule has 1 aromatic rings. The van der Waals surface area contributed by atoms with E-state index in [0.29, 0.717) is 23.9 Å². The van der Waals surface area contributed by atoms with Gasteiger partial charge in [-0.25, -0.2) is 0 Å². The normalized spacial score (nSPS) is 21.3. The Balaban J connectivity index is 2.42. The number of ether oxygens (including phenoxy) is 1. The highest BCUT2D eigenvalue weighted by Crippen LogP contribution is 2.38. The molecule has 0 heterocycles.